The predicted octanol–water partition coefficient (Wildman–Crippen LogP) is 6.65. The van der Waals surface area contributed by atoms with E-state index in [1.165, 1.54) is 56.7 Å². The number of carboxylic acid groups (broad SMARTS) is 1. The highest BCUT2D eigenvalue weighted by molar-refractivity contribution is 7.94. The molecular weight excluding hydrogens is 636 g/mol. The minimum Gasteiger partial charge on any atom is -0.505 e. The number of carboxylic acids is 1. The Labute approximate surface area is 258 Å². The van der Waals surface area contributed by atoms with Crippen molar-refractivity contribution in [3.63, 3.8) is 0 Å². The largest absolute Gasteiger partial charge is 0.505 e. The van der Waals surface area contributed by atoms with Gasteiger partial charge >= 0.3 is 5.97 Å². The van der Waals surface area contributed by atoms with Crippen LogP contribution in [0.1, 0.15) is 10.4 Å². The number of anilines is 1. The number of rotatable bonds is 12. The molecule has 0 saturated carbocycles. The van der Waals surface area contributed by atoms with Gasteiger partial charge in [-0.1, -0.05) is 5.04 Å². The van der Waals surface area contributed by atoms with Crippen LogP contribution in [0.3, 0.4) is 0 Å². The molecule has 0 aliphatic carbocycles. The third-order valence-electron chi connectivity index (χ3n) is 5.83. The number of methoxy groups -OCH3 is 2. The fourth-order valence-corrected chi connectivity index (χ4v) is 4.92. The van der Waals surface area contributed by atoms with Gasteiger partial charge in [0.15, 0.2) is 12.2 Å². The van der Waals surface area contributed by atoms with Crippen LogP contribution in [0.2, 0.25) is 0 Å². The lowest BCUT2D eigenvalue weighted by Gasteiger charge is -2.12. The molecule has 0 aliphatic heterocycles. The van der Waals surface area contributed by atoms with Gasteiger partial charge in [-0.05, 0) is 53.9 Å². The Morgan fingerprint density at radius 1 is 0.956 bits per heavy atom. The maximum Gasteiger partial charge on any atom is 0.335 e. The standard InChI is InChI=1S/C26H22N6O11S2/c1-40-12-28-18-10-20(21(41-2)11-19(18)30-29-15-5-3-13(4-6-15)26(34)35)31-32-24-22(44-43-42-36)7-14-8-23(45(37,38)39)17(27)9-16(14)25(24)33/h3-12,33,36H,27H2,1-2H3,(H,34,35)(H,37,38,39)/b28-12-,30-29?,32-31?. The summed E-state index contributed by atoms with van der Waals surface area (Å²) < 4.78 is 47.8. The highest BCUT2D eigenvalue weighted by atomic mass is 32.2. The Bertz CT molecular complexity index is 1950. The van der Waals surface area contributed by atoms with Crippen molar-refractivity contribution >= 4 is 79.4 Å². The summed E-state index contributed by atoms with van der Waals surface area (Å²) in [6, 6.07) is 12.0. The molecule has 17 nitrogen and oxygen atoms in total. The molecule has 0 aromatic heterocycles. The number of carbonyl (C=O) groups is 1. The summed E-state index contributed by atoms with van der Waals surface area (Å²) in [5, 5.41) is 49.2. The zero-order valence-corrected chi connectivity index (χ0v) is 24.7. The molecule has 0 atom stereocenters. The van der Waals surface area contributed by atoms with E-state index in [0.717, 1.165) is 18.5 Å². The molecule has 0 heterocycles. The molecule has 4 aromatic rings. The van der Waals surface area contributed by atoms with Gasteiger partial charge in [-0.15, -0.1) is 19.7 Å². The van der Waals surface area contributed by atoms with E-state index in [0.29, 0.717) is 17.7 Å². The average molecular weight is 659 g/mol. The van der Waals surface area contributed by atoms with Crippen molar-refractivity contribution in [2.75, 3.05) is 20.0 Å². The first kappa shape index (κ1) is 32.7. The zero-order chi connectivity index (χ0) is 32.7. The Morgan fingerprint density at radius 3 is 2.29 bits per heavy atom. The second kappa shape index (κ2) is 14.1. The van der Waals surface area contributed by atoms with Crippen LogP contribution in [0.5, 0.6) is 11.5 Å². The van der Waals surface area contributed by atoms with Crippen molar-refractivity contribution in [3.8, 4) is 11.5 Å². The van der Waals surface area contributed by atoms with Gasteiger partial charge in [-0.25, -0.2) is 15.0 Å². The number of azo groups is 2. The maximum absolute atomic E-state index is 11.7. The first-order chi connectivity index (χ1) is 21.5. The van der Waals surface area contributed by atoms with E-state index in [4.69, 9.17) is 25.6 Å². The van der Waals surface area contributed by atoms with Crippen LogP contribution in [0.4, 0.5) is 34.1 Å². The molecule has 0 aliphatic rings. The normalized spacial score (nSPS) is 12.1. The summed E-state index contributed by atoms with van der Waals surface area (Å²) in [6.45, 7) is 0. The zero-order valence-electron chi connectivity index (χ0n) is 23.1. The summed E-state index contributed by atoms with van der Waals surface area (Å²) >= 11 is 0.402. The number of aromatic carboxylic acids is 1. The van der Waals surface area contributed by atoms with Crippen molar-refractivity contribution < 1.29 is 52.1 Å². The lowest BCUT2D eigenvalue weighted by Crippen LogP contribution is -2.03. The number of nitrogens with two attached hydrogens (primary N) is 1. The fraction of sp³-hybridized carbons (Fsp3) is 0.0769. The first-order valence-electron chi connectivity index (χ1n) is 12.1. The van der Waals surface area contributed by atoms with Crippen LogP contribution in [0.15, 0.2) is 89.8 Å². The molecule has 19 heteroatoms. The lowest BCUT2D eigenvalue weighted by atomic mass is 10.1. The second-order valence-corrected chi connectivity index (χ2v) is 10.8. The summed E-state index contributed by atoms with van der Waals surface area (Å²) in [6.07, 6.45) is 1.13. The third-order valence-corrected chi connectivity index (χ3v) is 7.36. The number of phenols is 1. The number of phenolic OH excluding ortho intramolecular Hbond substituents is 1. The molecule has 0 amide bonds. The van der Waals surface area contributed by atoms with Gasteiger partial charge in [0.2, 0.25) is 0 Å². The number of hydrogen-bond acceptors (Lipinski definition) is 16. The molecule has 0 bridgehead atoms. The van der Waals surface area contributed by atoms with Crippen molar-refractivity contribution in [2.24, 2.45) is 25.4 Å². The lowest BCUT2D eigenvalue weighted by molar-refractivity contribution is -0.432. The Morgan fingerprint density at radius 2 is 1.67 bits per heavy atom. The number of nitrogen functional groups attached to an aromatic ring is 1. The summed E-state index contributed by atoms with van der Waals surface area (Å²) in [5.41, 5.74) is 6.20. The third kappa shape index (κ3) is 7.67. The molecule has 0 fully saturated rings. The monoisotopic (exact) mass is 658 g/mol. The fourth-order valence-electron chi connectivity index (χ4n) is 3.79. The van der Waals surface area contributed by atoms with E-state index in [-0.39, 0.29) is 55.4 Å². The number of aromatic hydroxyl groups is 1. The first-order valence-corrected chi connectivity index (χ1v) is 14.3. The van der Waals surface area contributed by atoms with Gasteiger partial charge in [0.25, 0.3) is 10.1 Å². The van der Waals surface area contributed by atoms with Gasteiger partial charge in [-0.3, -0.25) is 4.55 Å². The molecule has 0 unspecified atom stereocenters. The highest BCUT2D eigenvalue weighted by Gasteiger charge is 2.21. The van der Waals surface area contributed by atoms with Crippen molar-refractivity contribution in [1.82, 2.24) is 0 Å². The minimum atomic E-state index is -4.69. The molecule has 0 saturated heterocycles. The van der Waals surface area contributed by atoms with E-state index >= 15 is 0 Å². The van der Waals surface area contributed by atoms with Crippen LogP contribution in [-0.4, -0.2) is 55.0 Å². The van der Waals surface area contributed by atoms with Crippen LogP contribution in [0, 0.1) is 0 Å². The summed E-state index contributed by atoms with van der Waals surface area (Å²) in [4.78, 5) is 14.7. The molecule has 4 rings (SSSR count). The quantitative estimate of drug-likeness (QED) is 0.0156. The van der Waals surface area contributed by atoms with E-state index < -0.39 is 26.7 Å². The van der Waals surface area contributed by atoms with Crippen LogP contribution < -0.4 is 10.5 Å². The highest BCUT2D eigenvalue weighted by Crippen LogP contribution is 2.47. The van der Waals surface area contributed by atoms with Gasteiger partial charge in [-0.2, -0.15) is 13.5 Å². The van der Waals surface area contributed by atoms with Crippen molar-refractivity contribution in [3.05, 3.63) is 60.2 Å². The summed E-state index contributed by atoms with van der Waals surface area (Å²) in [5.74, 6) is -1.45. The molecular formula is C26H22N6O11S2. The molecule has 45 heavy (non-hydrogen) atoms. The van der Waals surface area contributed by atoms with Crippen LogP contribution in [-0.2, 0) is 24.2 Å². The van der Waals surface area contributed by atoms with Crippen molar-refractivity contribution in [2.45, 2.75) is 9.79 Å². The summed E-state index contributed by atoms with van der Waals surface area (Å²) in [7, 11) is -1.96. The number of fused-ring (bicyclic) bond motifs is 1. The number of hydrogen-bond donors (Lipinski definition) is 5. The van der Waals surface area contributed by atoms with Gasteiger partial charge in [0, 0.05) is 11.5 Å². The Kier molecular flexibility index (Phi) is 10.2. The molecule has 6 N–H and O–H groups in total. The van der Waals surface area contributed by atoms with Gasteiger partial charge in [0.05, 0.1) is 53.8 Å². The van der Waals surface area contributed by atoms with Crippen LogP contribution >= 0.6 is 12.0 Å². The van der Waals surface area contributed by atoms with Crippen LogP contribution in [0.25, 0.3) is 10.8 Å². The van der Waals surface area contributed by atoms with Gasteiger partial charge in [0.1, 0.15) is 27.7 Å². The van der Waals surface area contributed by atoms with E-state index in [2.05, 4.69) is 34.8 Å². The number of nitrogens with zero attached hydrogens (tertiary/aromatic N) is 5. The van der Waals surface area contributed by atoms with E-state index in [1.807, 2.05) is 0 Å². The van der Waals surface area contributed by atoms with Gasteiger partial charge < -0.3 is 25.4 Å². The maximum atomic E-state index is 11.7. The second-order valence-electron chi connectivity index (χ2n) is 8.62. The van der Waals surface area contributed by atoms with E-state index in [9.17, 15) is 22.9 Å². The topological polar surface area (TPSA) is 257 Å². The van der Waals surface area contributed by atoms with E-state index in [1.54, 1.807) is 0 Å². The Hall–Kier alpha value is -5.18. The number of benzene rings is 4. The predicted molar refractivity (Wildman–Crippen MR) is 160 cm³/mol. The minimum absolute atomic E-state index is 0.000194. The number of aliphatic imine (C=N–C) groups is 1. The number of ether oxygens (including phenoxy) is 2. The van der Waals surface area contributed by atoms with Crippen molar-refractivity contribution in [1.29, 1.82) is 0 Å². The molecule has 4 aromatic carbocycles. The SMILES string of the molecule is CO/C=N\c1cc(N=Nc2c(SOOO)cc3cc(S(=O)(=O)O)c(N)cc3c2O)c(OC)cc1N=Nc1ccc(C(=O)O)cc1. The average Bonchev–Trinajstić information content (AvgIpc) is 3.01. The smallest absolute Gasteiger partial charge is 0.335 e. The Balaban J connectivity index is 1.81. The molecule has 234 valence electrons. The molecule has 0 radical (unpaired) electrons. The molecule has 0 spiro atoms.